The Balaban J connectivity index is 1.37. The van der Waals surface area contributed by atoms with Crippen LogP contribution in [0.1, 0.15) is 31.9 Å². The second-order valence-corrected chi connectivity index (χ2v) is 11.4. The molecule has 0 bridgehead atoms. The molecule has 7 heteroatoms. The van der Waals surface area contributed by atoms with Crippen LogP contribution in [0.2, 0.25) is 0 Å². The molecule has 2 heterocycles. The fourth-order valence-electron chi connectivity index (χ4n) is 5.53. The maximum absolute atomic E-state index is 13.6. The third kappa shape index (κ3) is 5.91. The Bertz CT molecular complexity index is 2010. The Hall–Kier alpha value is -5.74. The number of fused-ring (bicyclic) bond motifs is 1. The number of carbonyl (C=O) groups excluding carboxylic acids is 2. The van der Waals surface area contributed by atoms with Crippen LogP contribution in [0.4, 0.5) is 0 Å². The van der Waals surface area contributed by atoms with E-state index in [-0.39, 0.29) is 18.0 Å². The number of rotatable bonds is 8. The molecule has 7 nitrogen and oxygen atoms in total. The van der Waals surface area contributed by atoms with Crippen LogP contribution in [0, 0.1) is 17.2 Å². The zero-order valence-electron chi connectivity index (χ0n) is 25.4. The molecule has 5 aromatic rings. The molecule has 0 saturated heterocycles. The van der Waals surface area contributed by atoms with E-state index in [2.05, 4.69) is 24.3 Å². The van der Waals surface area contributed by atoms with Crippen LogP contribution in [0.25, 0.3) is 33.8 Å². The first-order valence-electron chi connectivity index (χ1n) is 14.9. The largest absolute Gasteiger partial charge is 0.489 e. The lowest BCUT2D eigenvalue weighted by atomic mass is 9.92. The molecule has 1 aromatic heterocycles. The third-order valence-corrected chi connectivity index (χ3v) is 7.84. The van der Waals surface area contributed by atoms with E-state index in [4.69, 9.17) is 9.84 Å². The standard InChI is InChI=1S/C38H32N4O3/c1-25(2)22-41-37(43)34(26(3)35(21-39)38(41)44)20-30-23-42(31-13-5-4-6-14-31)40-36(30)28-16-18-32(19-17-28)45-24-29-12-9-11-27-10-7-8-15-33(27)29/h4-20,23,25H,22,24H2,1-3H3/b34-20+. The molecular weight excluding hydrogens is 560 g/mol. The quantitative estimate of drug-likeness (QED) is 0.137. The van der Waals surface area contributed by atoms with E-state index in [1.54, 1.807) is 17.7 Å². The molecule has 2 amide bonds. The zero-order chi connectivity index (χ0) is 31.5. The van der Waals surface area contributed by atoms with Crippen LogP contribution in [0.3, 0.4) is 0 Å². The van der Waals surface area contributed by atoms with E-state index >= 15 is 0 Å². The maximum Gasteiger partial charge on any atom is 0.271 e. The van der Waals surface area contributed by atoms with Crippen molar-refractivity contribution in [2.75, 3.05) is 6.54 Å². The average Bonchev–Trinajstić information content (AvgIpc) is 3.49. The van der Waals surface area contributed by atoms with E-state index in [9.17, 15) is 14.9 Å². The number of ether oxygens (including phenoxy) is 1. The molecule has 4 aromatic carbocycles. The Morgan fingerprint density at radius 2 is 1.60 bits per heavy atom. The summed E-state index contributed by atoms with van der Waals surface area (Å²) >= 11 is 0. The molecule has 1 aliphatic rings. The van der Waals surface area contributed by atoms with E-state index in [1.165, 1.54) is 10.3 Å². The van der Waals surface area contributed by atoms with Gasteiger partial charge in [-0.15, -0.1) is 0 Å². The molecule has 0 saturated carbocycles. The van der Waals surface area contributed by atoms with Crippen molar-refractivity contribution < 1.29 is 14.3 Å². The summed E-state index contributed by atoms with van der Waals surface area (Å²) in [4.78, 5) is 27.8. The van der Waals surface area contributed by atoms with E-state index < -0.39 is 11.8 Å². The van der Waals surface area contributed by atoms with Crippen LogP contribution < -0.4 is 4.74 Å². The second-order valence-electron chi connectivity index (χ2n) is 11.4. The minimum absolute atomic E-state index is 0.0220. The first kappa shape index (κ1) is 29.3. The lowest BCUT2D eigenvalue weighted by Gasteiger charge is -2.28. The molecule has 0 aliphatic carbocycles. The van der Waals surface area contributed by atoms with Crippen LogP contribution in [-0.4, -0.2) is 33.0 Å². The third-order valence-electron chi connectivity index (χ3n) is 7.84. The maximum atomic E-state index is 13.6. The van der Waals surface area contributed by atoms with Gasteiger partial charge in [-0.05, 0) is 77.2 Å². The molecule has 1 aliphatic heterocycles. The minimum Gasteiger partial charge on any atom is -0.489 e. The van der Waals surface area contributed by atoms with Gasteiger partial charge in [-0.2, -0.15) is 10.4 Å². The van der Waals surface area contributed by atoms with Gasteiger partial charge in [-0.3, -0.25) is 14.5 Å². The van der Waals surface area contributed by atoms with Crippen molar-refractivity contribution >= 4 is 28.7 Å². The molecule has 222 valence electrons. The molecule has 45 heavy (non-hydrogen) atoms. The van der Waals surface area contributed by atoms with Crippen LogP contribution in [0.5, 0.6) is 5.75 Å². The van der Waals surface area contributed by atoms with Crippen molar-refractivity contribution in [3.05, 3.63) is 131 Å². The number of nitriles is 1. The summed E-state index contributed by atoms with van der Waals surface area (Å²) in [5.41, 5.74) is 4.77. The number of aromatic nitrogens is 2. The van der Waals surface area contributed by atoms with Crippen molar-refractivity contribution in [1.82, 2.24) is 14.7 Å². The number of carbonyl (C=O) groups is 2. The fourth-order valence-corrected chi connectivity index (χ4v) is 5.53. The molecule has 0 spiro atoms. The average molecular weight is 593 g/mol. The van der Waals surface area contributed by atoms with Gasteiger partial charge in [0, 0.05) is 29.4 Å². The Morgan fingerprint density at radius 1 is 0.889 bits per heavy atom. The molecular formula is C38H32N4O3. The highest BCUT2D eigenvalue weighted by Gasteiger charge is 2.36. The van der Waals surface area contributed by atoms with Gasteiger partial charge >= 0.3 is 0 Å². The number of imide groups is 1. The smallest absolute Gasteiger partial charge is 0.271 e. The zero-order valence-corrected chi connectivity index (χ0v) is 25.4. The summed E-state index contributed by atoms with van der Waals surface area (Å²) in [5, 5.41) is 17.0. The first-order valence-corrected chi connectivity index (χ1v) is 14.9. The van der Waals surface area contributed by atoms with Gasteiger partial charge < -0.3 is 4.74 Å². The fraction of sp³-hybridized carbons (Fsp3) is 0.158. The Morgan fingerprint density at radius 3 is 2.33 bits per heavy atom. The number of hydrogen-bond acceptors (Lipinski definition) is 5. The summed E-state index contributed by atoms with van der Waals surface area (Å²) in [6.45, 7) is 6.17. The Labute approximate surface area is 262 Å². The van der Waals surface area contributed by atoms with E-state index in [1.807, 2.05) is 98.9 Å². The van der Waals surface area contributed by atoms with Crippen LogP contribution in [0.15, 0.2) is 120 Å². The van der Waals surface area contributed by atoms with Gasteiger partial charge in [-0.25, -0.2) is 4.68 Å². The highest BCUT2D eigenvalue weighted by Crippen LogP contribution is 2.32. The van der Waals surface area contributed by atoms with Gasteiger partial charge in [0.15, 0.2) is 0 Å². The summed E-state index contributed by atoms with van der Waals surface area (Å²) in [5.74, 6) is -0.196. The molecule has 0 fully saturated rings. The monoisotopic (exact) mass is 592 g/mol. The summed E-state index contributed by atoms with van der Waals surface area (Å²) < 4.78 is 7.93. The highest BCUT2D eigenvalue weighted by atomic mass is 16.5. The van der Waals surface area contributed by atoms with Gasteiger partial charge in [-0.1, -0.05) is 74.5 Å². The molecule has 0 atom stereocenters. The normalized spacial score (nSPS) is 14.5. The van der Waals surface area contributed by atoms with E-state index in [0.29, 0.717) is 29.0 Å². The molecule has 0 N–H and O–H groups in total. The van der Waals surface area contributed by atoms with Gasteiger partial charge in [0.05, 0.1) is 11.4 Å². The van der Waals surface area contributed by atoms with Gasteiger partial charge in [0.25, 0.3) is 11.8 Å². The highest BCUT2D eigenvalue weighted by molar-refractivity contribution is 6.19. The summed E-state index contributed by atoms with van der Waals surface area (Å²) in [7, 11) is 0. The van der Waals surface area contributed by atoms with Crippen molar-refractivity contribution in [1.29, 1.82) is 5.26 Å². The number of hydrogen-bond donors (Lipinski definition) is 0. The first-order chi connectivity index (χ1) is 21.8. The van der Waals surface area contributed by atoms with Crippen molar-refractivity contribution in [3.63, 3.8) is 0 Å². The van der Waals surface area contributed by atoms with Crippen molar-refractivity contribution in [2.45, 2.75) is 27.4 Å². The van der Waals surface area contributed by atoms with Crippen molar-refractivity contribution in [2.24, 2.45) is 5.92 Å². The van der Waals surface area contributed by atoms with Crippen molar-refractivity contribution in [3.8, 4) is 28.8 Å². The molecule has 0 unspecified atom stereocenters. The SMILES string of the molecule is CC1=C(C#N)C(=O)N(CC(C)C)C(=O)/C1=C/c1cn(-c2ccccc2)nc1-c1ccc(OCc2cccc3ccccc23)cc1. The second kappa shape index (κ2) is 12.5. The van der Waals surface area contributed by atoms with Gasteiger partial charge in [0.2, 0.25) is 0 Å². The predicted molar refractivity (Wildman–Crippen MR) is 175 cm³/mol. The number of amides is 2. The number of nitrogens with zero attached hydrogens (tertiary/aromatic N) is 4. The summed E-state index contributed by atoms with van der Waals surface area (Å²) in [6, 6.07) is 33.9. The van der Waals surface area contributed by atoms with E-state index in [0.717, 1.165) is 28.0 Å². The number of benzene rings is 4. The Kier molecular flexibility index (Phi) is 8.13. The number of para-hydroxylation sites is 1. The minimum atomic E-state index is -0.551. The topological polar surface area (TPSA) is 88.2 Å². The van der Waals surface area contributed by atoms with Crippen LogP contribution >= 0.6 is 0 Å². The van der Waals surface area contributed by atoms with Gasteiger partial charge in [0.1, 0.15) is 24.0 Å². The molecule has 6 rings (SSSR count). The predicted octanol–water partition coefficient (Wildman–Crippen LogP) is 7.52. The lowest BCUT2D eigenvalue weighted by molar-refractivity contribution is -0.141. The van der Waals surface area contributed by atoms with Crippen LogP contribution in [-0.2, 0) is 16.2 Å². The lowest BCUT2D eigenvalue weighted by Crippen LogP contribution is -2.44. The summed E-state index contributed by atoms with van der Waals surface area (Å²) in [6.07, 6.45) is 3.60. The molecule has 0 radical (unpaired) electrons.